The lowest BCUT2D eigenvalue weighted by Crippen LogP contribution is -2.16. The summed E-state index contributed by atoms with van der Waals surface area (Å²) in [7, 11) is 0. The number of nitrogens with zero attached hydrogens (tertiary/aromatic N) is 1. The number of hydrogen-bond donors (Lipinski definition) is 0. The fourth-order valence-electron chi connectivity index (χ4n) is 2.16. The summed E-state index contributed by atoms with van der Waals surface area (Å²) in [4.78, 5) is 0. The first-order valence-corrected chi connectivity index (χ1v) is 5.22. The van der Waals surface area contributed by atoms with Crippen molar-refractivity contribution in [2.75, 3.05) is 0 Å². The minimum Gasteiger partial charge on any atom is -0.346 e. The highest BCUT2D eigenvalue weighted by Crippen LogP contribution is 2.25. The van der Waals surface area contributed by atoms with Crippen molar-refractivity contribution in [2.45, 2.75) is 47.1 Å². The van der Waals surface area contributed by atoms with Crippen LogP contribution in [0.2, 0.25) is 0 Å². The molecule has 0 aliphatic carbocycles. The van der Waals surface area contributed by atoms with Crippen LogP contribution in [0.15, 0.2) is 12.1 Å². The Kier molecular flexibility index (Phi) is 3.18. The summed E-state index contributed by atoms with van der Waals surface area (Å²) < 4.78 is 2.46. The van der Waals surface area contributed by atoms with E-state index in [1.54, 1.807) is 0 Å². The maximum absolute atomic E-state index is 2.46. The van der Waals surface area contributed by atoms with Gasteiger partial charge in [-0.2, -0.15) is 0 Å². The molecule has 0 aromatic carbocycles. The monoisotopic (exact) mass is 179 g/mol. The quantitative estimate of drug-likeness (QED) is 0.666. The van der Waals surface area contributed by atoms with Gasteiger partial charge in [0.15, 0.2) is 0 Å². The molecule has 0 fully saturated rings. The van der Waals surface area contributed by atoms with Gasteiger partial charge in [0, 0.05) is 17.4 Å². The highest BCUT2D eigenvalue weighted by molar-refractivity contribution is 5.15. The van der Waals surface area contributed by atoms with Gasteiger partial charge < -0.3 is 4.57 Å². The van der Waals surface area contributed by atoms with Crippen LogP contribution < -0.4 is 0 Å². The SMILES string of the molecule is CCC(C(C)C)n1c(C)ccc1C. The first-order valence-electron chi connectivity index (χ1n) is 5.22. The molecule has 0 radical (unpaired) electrons. The van der Waals surface area contributed by atoms with Gasteiger partial charge in [0.05, 0.1) is 0 Å². The third kappa shape index (κ3) is 1.96. The molecule has 0 aliphatic heterocycles. The van der Waals surface area contributed by atoms with E-state index in [9.17, 15) is 0 Å². The second kappa shape index (κ2) is 3.99. The lowest BCUT2D eigenvalue weighted by molar-refractivity contribution is 0.356. The number of aromatic nitrogens is 1. The number of hydrogen-bond acceptors (Lipinski definition) is 0. The van der Waals surface area contributed by atoms with Crippen LogP contribution in [0.5, 0.6) is 0 Å². The molecule has 0 N–H and O–H groups in total. The fraction of sp³-hybridized carbons (Fsp3) is 0.667. The molecule has 1 atom stereocenters. The lowest BCUT2D eigenvalue weighted by atomic mass is 10.0. The molecule has 1 nitrogen and oxygen atoms in total. The highest BCUT2D eigenvalue weighted by Gasteiger charge is 2.15. The third-order valence-corrected chi connectivity index (χ3v) is 2.85. The summed E-state index contributed by atoms with van der Waals surface area (Å²) in [5.41, 5.74) is 2.77. The molecule has 0 spiro atoms. The summed E-state index contributed by atoms with van der Waals surface area (Å²) in [5, 5.41) is 0. The topological polar surface area (TPSA) is 4.93 Å². The molecule has 0 saturated carbocycles. The predicted molar refractivity (Wildman–Crippen MR) is 58.1 cm³/mol. The van der Waals surface area contributed by atoms with E-state index in [0.29, 0.717) is 6.04 Å². The van der Waals surface area contributed by atoms with E-state index in [4.69, 9.17) is 0 Å². The Bertz CT molecular complexity index is 251. The van der Waals surface area contributed by atoms with Crippen molar-refractivity contribution < 1.29 is 0 Å². The summed E-state index contributed by atoms with van der Waals surface area (Å²) in [6.07, 6.45) is 1.22. The normalized spacial score (nSPS) is 13.7. The van der Waals surface area contributed by atoms with Crippen LogP contribution in [0.3, 0.4) is 0 Å². The first kappa shape index (κ1) is 10.4. The van der Waals surface area contributed by atoms with Gasteiger partial charge in [0.2, 0.25) is 0 Å². The van der Waals surface area contributed by atoms with Crippen molar-refractivity contribution in [3.63, 3.8) is 0 Å². The van der Waals surface area contributed by atoms with Gasteiger partial charge in [-0.25, -0.2) is 0 Å². The molecular weight excluding hydrogens is 158 g/mol. The summed E-state index contributed by atoms with van der Waals surface area (Å²) in [5.74, 6) is 0.717. The van der Waals surface area contributed by atoms with Crippen molar-refractivity contribution >= 4 is 0 Å². The van der Waals surface area contributed by atoms with Crippen molar-refractivity contribution in [1.82, 2.24) is 4.57 Å². The lowest BCUT2D eigenvalue weighted by Gasteiger charge is -2.24. The molecule has 1 heteroatoms. The van der Waals surface area contributed by atoms with E-state index >= 15 is 0 Å². The third-order valence-electron chi connectivity index (χ3n) is 2.85. The van der Waals surface area contributed by atoms with Gasteiger partial charge in [0.1, 0.15) is 0 Å². The molecule has 0 aliphatic rings. The van der Waals surface area contributed by atoms with E-state index in [-0.39, 0.29) is 0 Å². The molecule has 0 saturated heterocycles. The minimum atomic E-state index is 0.662. The van der Waals surface area contributed by atoms with Crippen molar-refractivity contribution in [3.8, 4) is 0 Å². The van der Waals surface area contributed by atoms with Crippen LogP contribution in [0.1, 0.15) is 44.6 Å². The second-order valence-corrected chi connectivity index (χ2v) is 4.21. The molecule has 1 aromatic rings. The summed E-state index contributed by atoms with van der Waals surface area (Å²) in [6, 6.07) is 5.08. The van der Waals surface area contributed by atoms with Gasteiger partial charge in [-0.3, -0.25) is 0 Å². The van der Waals surface area contributed by atoms with Gasteiger partial charge in [-0.15, -0.1) is 0 Å². The van der Waals surface area contributed by atoms with Crippen molar-refractivity contribution in [3.05, 3.63) is 23.5 Å². The zero-order chi connectivity index (χ0) is 10.0. The molecule has 1 unspecified atom stereocenters. The maximum Gasteiger partial charge on any atom is 0.0356 e. The zero-order valence-corrected chi connectivity index (χ0v) is 9.46. The summed E-state index contributed by atoms with van der Waals surface area (Å²) in [6.45, 7) is 11.2. The molecular formula is C12H21N. The van der Waals surface area contributed by atoms with Crippen LogP contribution in [-0.2, 0) is 0 Å². The standard InChI is InChI=1S/C12H21N/c1-6-12(9(2)3)13-10(4)7-8-11(13)5/h7-9,12H,6H2,1-5H3. The Balaban J connectivity index is 3.03. The van der Waals surface area contributed by atoms with E-state index in [2.05, 4.69) is 51.3 Å². The van der Waals surface area contributed by atoms with Crippen LogP contribution >= 0.6 is 0 Å². The largest absolute Gasteiger partial charge is 0.346 e. The molecule has 1 aromatic heterocycles. The molecule has 1 rings (SSSR count). The Morgan fingerprint density at radius 3 is 1.92 bits per heavy atom. The average Bonchev–Trinajstić information content (AvgIpc) is 2.36. The van der Waals surface area contributed by atoms with Gasteiger partial charge in [0.25, 0.3) is 0 Å². The van der Waals surface area contributed by atoms with Crippen LogP contribution in [0.25, 0.3) is 0 Å². The fourth-order valence-corrected chi connectivity index (χ4v) is 2.16. The highest BCUT2D eigenvalue weighted by atomic mass is 15.0. The van der Waals surface area contributed by atoms with Gasteiger partial charge in [-0.1, -0.05) is 20.8 Å². The Labute approximate surface area is 81.8 Å². The smallest absolute Gasteiger partial charge is 0.0356 e. The van der Waals surface area contributed by atoms with E-state index < -0.39 is 0 Å². The maximum atomic E-state index is 2.46. The van der Waals surface area contributed by atoms with Gasteiger partial charge >= 0.3 is 0 Å². The number of aryl methyl sites for hydroxylation is 2. The Morgan fingerprint density at radius 1 is 1.15 bits per heavy atom. The van der Waals surface area contributed by atoms with E-state index in [1.165, 1.54) is 17.8 Å². The zero-order valence-electron chi connectivity index (χ0n) is 9.46. The van der Waals surface area contributed by atoms with E-state index in [0.717, 1.165) is 5.92 Å². The Morgan fingerprint density at radius 2 is 1.62 bits per heavy atom. The van der Waals surface area contributed by atoms with Crippen LogP contribution in [0.4, 0.5) is 0 Å². The average molecular weight is 179 g/mol. The van der Waals surface area contributed by atoms with Gasteiger partial charge in [-0.05, 0) is 38.3 Å². The summed E-state index contributed by atoms with van der Waals surface area (Å²) >= 11 is 0. The van der Waals surface area contributed by atoms with Crippen LogP contribution in [-0.4, -0.2) is 4.57 Å². The molecule has 0 amide bonds. The molecule has 1 heterocycles. The van der Waals surface area contributed by atoms with Crippen molar-refractivity contribution in [2.24, 2.45) is 5.92 Å². The van der Waals surface area contributed by atoms with Crippen molar-refractivity contribution in [1.29, 1.82) is 0 Å². The molecule has 0 bridgehead atoms. The molecule has 74 valence electrons. The van der Waals surface area contributed by atoms with Crippen LogP contribution in [0, 0.1) is 19.8 Å². The second-order valence-electron chi connectivity index (χ2n) is 4.21. The molecule has 13 heavy (non-hydrogen) atoms. The number of rotatable bonds is 3. The van der Waals surface area contributed by atoms with E-state index in [1.807, 2.05) is 0 Å². The minimum absolute atomic E-state index is 0.662. The Hall–Kier alpha value is -0.720. The first-order chi connectivity index (χ1) is 6.07. The predicted octanol–water partition coefficient (Wildman–Crippen LogP) is 3.71.